The highest BCUT2D eigenvalue weighted by Gasteiger charge is 2.46. The van der Waals surface area contributed by atoms with Crippen molar-refractivity contribution in [1.82, 2.24) is 0 Å². The van der Waals surface area contributed by atoms with Crippen molar-refractivity contribution in [3.63, 3.8) is 0 Å². The first-order chi connectivity index (χ1) is 9.52. The van der Waals surface area contributed by atoms with Crippen LogP contribution in [-0.2, 0) is 14.3 Å². The first-order valence-corrected chi connectivity index (χ1v) is 6.06. The van der Waals surface area contributed by atoms with Crippen LogP contribution in [0.2, 0.25) is 0 Å². The number of carbonyl (C=O) groups excluding carboxylic acids is 1. The largest absolute Gasteiger partial charge is 0.454 e. The minimum absolute atomic E-state index is 0.356. The lowest BCUT2D eigenvalue weighted by Gasteiger charge is -2.17. The van der Waals surface area contributed by atoms with Gasteiger partial charge in [0.25, 0.3) is 0 Å². The van der Waals surface area contributed by atoms with Crippen LogP contribution in [-0.4, -0.2) is 47.7 Å². The minimum atomic E-state index is -1.24. The molecular weight excluding hydrogens is 267 g/mol. The second kappa shape index (κ2) is 6.13. The zero-order valence-corrected chi connectivity index (χ0v) is 10.8. The molecule has 20 heavy (non-hydrogen) atoms. The van der Waals surface area contributed by atoms with E-state index >= 15 is 0 Å². The number of ether oxygens (including phenoxy) is 2. The fourth-order valence-electron chi connectivity index (χ4n) is 1.98. The minimum Gasteiger partial charge on any atom is -0.454 e. The molecule has 0 radical (unpaired) electrons. The van der Waals surface area contributed by atoms with Crippen LogP contribution < -0.4 is 0 Å². The van der Waals surface area contributed by atoms with Crippen molar-refractivity contribution in [3.05, 3.63) is 41.7 Å². The molecule has 1 aliphatic heterocycles. The SMILES string of the molecule is CO[C@H]1C(=O)O[C@@H]([C@H](O)C=Cc2ccc(F)cc2)[C@H]1O. The maximum atomic E-state index is 12.7. The van der Waals surface area contributed by atoms with Gasteiger partial charge in [-0.05, 0) is 17.7 Å². The molecule has 1 aromatic rings. The summed E-state index contributed by atoms with van der Waals surface area (Å²) in [6.45, 7) is 0. The lowest BCUT2D eigenvalue weighted by atomic mass is 10.0. The summed E-state index contributed by atoms with van der Waals surface area (Å²) in [6, 6.07) is 5.65. The molecule has 1 heterocycles. The van der Waals surface area contributed by atoms with Gasteiger partial charge in [0, 0.05) is 7.11 Å². The van der Waals surface area contributed by atoms with Crippen LogP contribution in [0.4, 0.5) is 4.39 Å². The molecule has 1 fully saturated rings. The molecule has 1 aliphatic rings. The van der Waals surface area contributed by atoms with Crippen molar-refractivity contribution in [3.8, 4) is 0 Å². The Morgan fingerprint density at radius 1 is 1.40 bits per heavy atom. The number of methoxy groups -OCH3 is 1. The second-order valence-corrected chi connectivity index (χ2v) is 4.45. The lowest BCUT2D eigenvalue weighted by molar-refractivity contribution is -0.150. The molecule has 2 N–H and O–H groups in total. The number of aliphatic hydroxyl groups excluding tert-OH is 2. The molecule has 0 amide bonds. The average Bonchev–Trinajstić information content (AvgIpc) is 2.72. The summed E-state index contributed by atoms with van der Waals surface area (Å²) in [6.07, 6.45) is -1.67. The van der Waals surface area contributed by atoms with Crippen molar-refractivity contribution in [2.24, 2.45) is 0 Å². The lowest BCUT2D eigenvalue weighted by Crippen LogP contribution is -2.38. The standard InChI is InChI=1S/C14H15FO5/c1-19-13-11(17)12(20-14(13)18)10(16)7-4-8-2-5-9(15)6-3-8/h2-7,10-13,16-17H,1H3/t10-,11-,12+,13-/m1/s1. The third-order valence-corrected chi connectivity index (χ3v) is 3.08. The molecular formula is C14H15FO5. The second-order valence-electron chi connectivity index (χ2n) is 4.45. The molecule has 0 saturated carbocycles. The summed E-state index contributed by atoms with van der Waals surface area (Å²) >= 11 is 0. The Balaban J connectivity index is 2.03. The van der Waals surface area contributed by atoms with E-state index in [0.717, 1.165) is 0 Å². The van der Waals surface area contributed by atoms with Gasteiger partial charge in [-0.25, -0.2) is 9.18 Å². The number of carbonyl (C=O) groups is 1. The van der Waals surface area contributed by atoms with Crippen molar-refractivity contribution in [2.75, 3.05) is 7.11 Å². The number of hydrogen-bond donors (Lipinski definition) is 2. The quantitative estimate of drug-likeness (QED) is 0.787. The molecule has 0 bridgehead atoms. The fourth-order valence-corrected chi connectivity index (χ4v) is 1.98. The molecule has 0 unspecified atom stereocenters. The van der Waals surface area contributed by atoms with Crippen molar-refractivity contribution >= 4 is 12.0 Å². The molecule has 6 heteroatoms. The van der Waals surface area contributed by atoms with Gasteiger partial charge in [0.2, 0.25) is 0 Å². The van der Waals surface area contributed by atoms with Gasteiger partial charge in [-0.1, -0.05) is 24.3 Å². The Bertz CT molecular complexity index is 499. The molecule has 0 spiro atoms. The van der Waals surface area contributed by atoms with E-state index in [1.165, 1.54) is 37.5 Å². The monoisotopic (exact) mass is 282 g/mol. The van der Waals surface area contributed by atoms with Gasteiger partial charge >= 0.3 is 5.97 Å². The topological polar surface area (TPSA) is 76.0 Å². The molecule has 0 aliphatic carbocycles. The molecule has 4 atom stereocenters. The maximum Gasteiger partial charge on any atom is 0.338 e. The van der Waals surface area contributed by atoms with Gasteiger partial charge in [0.05, 0.1) is 0 Å². The summed E-state index contributed by atoms with van der Waals surface area (Å²) < 4.78 is 22.4. The fraction of sp³-hybridized carbons (Fsp3) is 0.357. The molecule has 108 valence electrons. The Hall–Kier alpha value is -1.76. The van der Waals surface area contributed by atoms with E-state index in [-0.39, 0.29) is 5.82 Å². The van der Waals surface area contributed by atoms with Crippen LogP contribution in [0.25, 0.3) is 6.08 Å². The predicted octanol–water partition coefficient (Wildman–Crippen LogP) is 0.501. The Kier molecular flexibility index (Phi) is 4.49. The Morgan fingerprint density at radius 3 is 2.60 bits per heavy atom. The number of halogens is 1. The Morgan fingerprint density at radius 2 is 2.05 bits per heavy atom. The number of aliphatic hydroxyl groups is 2. The first-order valence-electron chi connectivity index (χ1n) is 6.06. The summed E-state index contributed by atoms with van der Waals surface area (Å²) in [5.74, 6) is -1.06. The molecule has 1 saturated heterocycles. The smallest absolute Gasteiger partial charge is 0.338 e. The van der Waals surface area contributed by atoms with Crippen molar-refractivity contribution in [1.29, 1.82) is 0 Å². The van der Waals surface area contributed by atoms with Gasteiger partial charge in [0.15, 0.2) is 12.2 Å². The number of hydrogen-bond acceptors (Lipinski definition) is 5. The van der Waals surface area contributed by atoms with E-state index < -0.39 is 30.4 Å². The van der Waals surface area contributed by atoms with Crippen LogP contribution in [0.3, 0.4) is 0 Å². The van der Waals surface area contributed by atoms with Crippen LogP contribution in [0.15, 0.2) is 30.3 Å². The summed E-state index contributed by atoms with van der Waals surface area (Å²) in [5.41, 5.74) is 0.674. The molecule has 1 aromatic carbocycles. The van der Waals surface area contributed by atoms with Gasteiger partial charge in [-0.15, -0.1) is 0 Å². The van der Waals surface area contributed by atoms with E-state index in [2.05, 4.69) is 0 Å². The van der Waals surface area contributed by atoms with E-state index in [9.17, 15) is 19.4 Å². The van der Waals surface area contributed by atoms with Gasteiger partial charge in [-0.2, -0.15) is 0 Å². The van der Waals surface area contributed by atoms with Gasteiger partial charge in [0.1, 0.15) is 18.0 Å². The van der Waals surface area contributed by atoms with Gasteiger partial charge in [-0.3, -0.25) is 0 Å². The predicted molar refractivity (Wildman–Crippen MR) is 68.1 cm³/mol. The zero-order valence-electron chi connectivity index (χ0n) is 10.8. The van der Waals surface area contributed by atoms with Gasteiger partial charge < -0.3 is 19.7 Å². The highest BCUT2D eigenvalue weighted by molar-refractivity contribution is 5.78. The number of benzene rings is 1. The highest BCUT2D eigenvalue weighted by Crippen LogP contribution is 2.22. The molecule has 5 nitrogen and oxygen atoms in total. The maximum absolute atomic E-state index is 12.7. The summed E-state index contributed by atoms with van der Waals surface area (Å²) in [5, 5.41) is 19.7. The van der Waals surface area contributed by atoms with E-state index in [1.807, 2.05) is 0 Å². The number of cyclic esters (lactones) is 1. The van der Waals surface area contributed by atoms with E-state index in [0.29, 0.717) is 5.56 Å². The van der Waals surface area contributed by atoms with Crippen LogP contribution in [0, 0.1) is 5.82 Å². The Labute approximate surface area is 115 Å². The third kappa shape index (κ3) is 3.04. The summed E-state index contributed by atoms with van der Waals surface area (Å²) in [7, 11) is 1.28. The highest BCUT2D eigenvalue weighted by atomic mass is 19.1. The van der Waals surface area contributed by atoms with E-state index in [4.69, 9.17) is 9.47 Å². The molecule has 0 aromatic heterocycles. The number of rotatable bonds is 4. The third-order valence-electron chi connectivity index (χ3n) is 3.08. The van der Waals surface area contributed by atoms with Crippen molar-refractivity contribution in [2.45, 2.75) is 24.4 Å². The average molecular weight is 282 g/mol. The van der Waals surface area contributed by atoms with Crippen LogP contribution in [0.5, 0.6) is 0 Å². The normalized spacial score (nSPS) is 27.8. The first kappa shape index (κ1) is 14.6. The van der Waals surface area contributed by atoms with E-state index in [1.54, 1.807) is 6.08 Å². The van der Waals surface area contributed by atoms with Crippen LogP contribution in [0.1, 0.15) is 5.56 Å². The van der Waals surface area contributed by atoms with Crippen molar-refractivity contribution < 1.29 is 28.9 Å². The summed E-state index contributed by atoms with van der Waals surface area (Å²) in [4.78, 5) is 11.4. The zero-order chi connectivity index (χ0) is 14.7. The molecule has 2 rings (SSSR count). The van der Waals surface area contributed by atoms with Crippen LogP contribution >= 0.6 is 0 Å². The number of esters is 1.